The van der Waals surface area contributed by atoms with Gasteiger partial charge in [0.2, 0.25) is 0 Å². The average Bonchev–Trinajstić information content (AvgIpc) is 3.41. The minimum absolute atomic E-state index is 0.0246. The number of amides is 3. The molecule has 1 unspecified atom stereocenters. The first-order chi connectivity index (χ1) is 16.8. The number of nitro groups is 1. The summed E-state index contributed by atoms with van der Waals surface area (Å²) in [7, 11) is 0. The van der Waals surface area contributed by atoms with Gasteiger partial charge in [0.1, 0.15) is 11.7 Å². The number of aromatic nitrogens is 1. The Morgan fingerprint density at radius 2 is 1.77 bits per heavy atom. The van der Waals surface area contributed by atoms with E-state index in [-0.39, 0.29) is 16.8 Å². The van der Waals surface area contributed by atoms with Crippen molar-refractivity contribution in [3.8, 4) is 11.5 Å². The van der Waals surface area contributed by atoms with Crippen molar-refractivity contribution in [2.45, 2.75) is 13.0 Å². The number of hydrazine groups is 1. The maximum Gasteiger partial charge on any atom is 0.270 e. The van der Waals surface area contributed by atoms with E-state index < -0.39 is 28.7 Å². The molecule has 0 saturated heterocycles. The Morgan fingerprint density at radius 1 is 0.971 bits per heavy atom. The van der Waals surface area contributed by atoms with E-state index in [0.29, 0.717) is 22.4 Å². The first-order valence-corrected chi connectivity index (χ1v) is 10.4. The van der Waals surface area contributed by atoms with Crippen LogP contribution in [0.4, 0.5) is 5.69 Å². The van der Waals surface area contributed by atoms with Crippen LogP contribution in [0.1, 0.15) is 27.6 Å². The van der Waals surface area contributed by atoms with Crippen LogP contribution in [0.2, 0.25) is 0 Å². The summed E-state index contributed by atoms with van der Waals surface area (Å²) < 4.78 is 5.39. The Morgan fingerprint density at radius 3 is 2.51 bits per heavy atom. The van der Waals surface area contributed by atoms with Crippen LogP contribution in [0.3, 0.4) is 0 Å². The molecule has 176 valence electrons. The maximum atomic E-state index is 12.9. The average molecular weight is 473 g/mol. The molecule has 35 heavy (non-hydrogen) atoms. The molecule has 0 fully saturated rings. The normalized spacial score (nSPS) is 11.5. The zero-order chi connectivity index (χ0) is 24.9. The van der Waals surface area contributed by atoms with E-state index in [0.717, 1.165) is 6.07 Å². The lowest BCUT2D eigenvalue weighted by Crippen LogP contribution is -2.51. The third-order valence-corrected chi connectivity index (χ3v) is 5.09. The summed E-state index contributed by atoms with van der Waals surface area (Å²) >= 11 is 0. The van der Waals surface area contributed by atoms with Gasteiger partial charge < -0.3 is 9.73 Å². The number of nitro benzene ring substituents is 1. The number of nitrogens with zero attached hydrogens (tertiary/aromatic N) is 2. The first kappa shape index (κ1) is 23.1. The number of pyridine rings is 1. The van der Waals surface area contributed by atoms with E-state index in [2.05, 4.69) is 21.2 Å². The van der Waals surface area contributed by atoms with Crippen molar-refractivity contribution in [1.29, 1.82) is 0 Å². The Bertz CT molecular complexity index is 1430. The van der Waals surface area contributed by atoms with Crippen molar-refractivity contribution < 1.29 is 23.7 Å². The van der Waals surface area contributed by atoms with Crippen molar-refractivity contribution in [2.75, 3.05) is 0 Å². The highest BCUT2D eigenvalue weighted by Crippen LogP contribution is 2.25. The summed E-state index contributed by atoms with van der Waals surface area (Å²) in [4.78, 5) is 52.5. The number of hydrogen-bond donors (Lipinski definition) is 3. The number of rotatable bonds is 6. The van der Waals surface area contributed by atoms with Crippen LogP contribution in [0, 0.1) is 10.1 Å². The smallest absolute Gasteiger partial charge is 0.270 e. The highest BCUT2D eigenvalue weighted by atomic mass is 16.6. The third kappa shape index (κ3) is 5.14. The van der Waals surface area contributed by atoms with Gasteiger partial charge in [-0.2, -0.15) is 0 Å². The lowest BCUT2D eigenvalue weighted by atomic mass is 10.1. The van der Waals surface area contributed by atoms with Gasteiger partial charge >= 0.3 is 0 Å². The van der Waals surface area contributed by atoms with Crippen LogP contribution in [0.15, 0.2) is 77.4 Å². The molecule has 0 radical (unpaired) electrons. The van der Waals surface area contributed by atoms with Crippen molar-refractivity contribution in [1.82, 2.24) is 21.2 Å². The standard InChI is InChI=1S/C24H19N5O6/c1-14(25-23(31)15-6-4-7-16(12-15)29(33)34)22(30)27-28-24(32)18-13-20(21-10-5-11-35-21)26-19-9-3-2-8-17(18)19/h2-14H,1H3,(H,25,31)(H,27,30)(H,28,32). The fourth-order valence-electron chi connectivity index (χ4n) is 3.31. The molecule has 0 aliphatic rings. The molecule has 2 aromatic carbocycles. The van der Waals surface area contributed by atoms with E-state index >= 15 is 0 Å². The predicted molar refractivity (Wildman–Crippen MR) is 125 cm³/mol. The van der Waals surface area contributed by atoms with Crippen LogP contribution in [-0.2, 0) is 4.79 Å². The summed E-state index contributed by atoms with van der Waals surface area (Å²) in [6.45, 7) is 1.41. The number of carbonyl (C=O) groups excluding carboxylic acids is 3. The SMILES string of the molecule is CC(NC(=O)c1cccc([N+](=O)[O-])c1)C(=O)NNC(=O)c1cc(-c2ccco2)nc2ccccc12. The Hall–Kier alpha value is -5.06. The van der Waals surface area contributed by atoms with E-state index in [4.69, 9.17) is 4.42 Å². The summed E-state index contributed by atoms with van der Waals surface area (Å²) in [6.07, 6.45) is 1.50. The van der Waals surface area contributed by atoms with Gasteiger partial charge in [-0.25, -0.2) is 4.98 Å². The Labute approximate surface area is 198 Å². The summed E-state index contributed by atoms with van der Waals surface area (Å²) in [5.41, 5.74) is 5.67. The van der Waals surface area contributed by atoms with Gasteiger partial charge in [0, 0.05) is 23.1 Å². The Balaban J connectivity index is 1.44. The molecule has 1 atom stereocenters. The predicted octanol–water partition coefficient (Wildman–Crippen LogP) is 2.98. The molecule has 0 saturated carbocycles. The number of fused-ring (bicyclic) bond motifs is 1. The molecule has 4 rings (SSSR count). The molecule has 2 aromatic heterocycles. The highest BCUT2D eigenvalue weighted by molar-refractivity contribution is 6.07. The molecule has 3 N–H and O–H groups in total. The second-order valence-electron chi connectivity index (χ2n) is 7.50. The molecule has 0 aliphatic carbocycles. The van der Waals surface area contributed by atoms with E-state index in [1.54, 1.807) is 42.5 Å². The number of furan rings is 1. The number of para-hydroxylation sites is 1. The van der Waals surface area contributed by atoms with Crippen molar-refractivity contribution in [3.05, 3.63) is 94.2 Å². The van der Waals surface area contributed by atoms with Gasteiger partial charge in [0.05, 0.1) is 22.3 Å². The quantitative estimate of drug-likeness (QED) is 0.287. The lowest BCUT2D eigenvalue weighted by molar-refractivity contribution is -0.384. The summed E-state index contributed by atoms with van der Waals surface area (Å²) in [6, 6.07) is 16.1. The molecular formula is C24H19N5O6. The van der Waals surface area contributed by atoms with Gasteiger partial charge in [-0.15, -0.1) is 0 Å². The molecule has 0 aliphatic heterocycles. The molecule has 3 amide bonds. The van der Waals surface area contributed by atoms with Crippen molar-refractivity contribution in [3.63, 3.8) is 0 Å². The first-order valence-electron chi connectivity index (χ1n) is 10.4. The van der Waals surface area contributed by atoms with Gasteiger partial charge in [0.15, 0.2) is 5.76 Å². The van der Waals surface area contributed by atoms with Crippen LogP contribution in [0.25, 0.3) is 22.4 Å². The third-order valence-electron chi connectivity index (χ3n) is 5.09. The molecule has 0 spiro atoms. The number of hydrogen-bond acceptors (Lipinski definition) is 7. The van der Waals surface area contributed by atoms with Crippen molar-refractivity contribution >= 4 is 34.3 Å². The van der Waals surface area contributed by atoms with Crippen LogP contribution >= 0.6 is 0 Å². The molecule has 4 aromatic rings. The fraction of sp³-hybridized carbons (Fsp3) is 0.0833. The minimum atomic E-state index is -1.05. The number of nitrogens with one attached hydrogen (secondary N) is 3. The highest BCUT2D eigenvalue weighted by Gasteiger charge is 2.20. The topological polar surface area (TPSA) is 156 Å². The summed E-state index contributed by atoms with van der Waals surface area (Å²) in [5, 5.41) is 13.9. The largest absolute Gasteiger partial charge is 0.463 e. The van der Waals surface area contributed by atoms with E-state index in [1.807, 2.05) is 0 Å². The van der Waals surface area contributed by atoms with Crippen LogP contribution in [0.5, 0.6) is 0 Å². The second-order valence-corrected chi connectivity index (χ2v) is 7.50. The molecule has 0 bridgehead atoms. The minimum Gasteiger partial charge on any atom is -0.463 e. The van der Waals surface area contributed by atoms with E-state index in [1.165, 1.54) is 31.4 Å². The zero-order valence-electron chi connectivity index (χ0n) is 18.3. The van der Waals surface area contributed by atoms with Gasteiger partial charge in [-0.3, -0.25) is 35.3 Å². The maximum absolute atomic E-state index is 12.9. The zero-order valence-corrected chi connectivity index (χ0v) is 18.3. The van der Waals surface area contributed by atoms with E-state index in [9.17, 15) is 24.5 Å². The molecular weight excluding hydrogens is 454 g/mol. The lowest BCUT2D eigenvalue weighted by Gasteiger charge is -2.15. The monoisotopic (exact) mass is 473 g/mol. The van der Waals surface area contributed by atoms with Crippen LogP contribution < -0.4 is 16.2 Å². The molecule has 2 heterocycles. The Kier molecular flexibility index (Phi) is 6.49. The number of carbonyl (C=O) groups is 3. The number of non-ortho nitro benzene ring substituents is 1. The number of benzene rings is 2. The summed E-state index contributed by atoms with van der Waals surface area (Å²) in [5.74, 6) is -1.49. The fourth-order valence-corrected chi connectivity index (χ4v) is 3.31. The van der Waals surface area contributed by atoms with Gasteiger partial charge in [0.25, 0.3) is 23.4 Å². The molecule has 11 nitrogen and oxygen atoms in total. The van der Waals surface area contributed by atoms with Gasteiger partial charge in [-0.1, -0.05) is 24.3 Å². The van der Waals surface area contributed by atoms with Crippen molar-refractivity contribution in [2.24, 2.45) is 0 Å². The van der Waals surface area contributed by atoms with Gasteiger partial charge in [-0.05, 0) is 37.3 Å². The molecule has 11 heteroatoms. The second kappa shape index (κ2) is 9.83. The van der Waals surface area contributed by atoms with Crippen LogP contribution in [-0.4, -0.2) is 33.7 Å².